The van der Waals surface area contributed by atoms with Crippen molar-refractivity contribution in [3.8, 4) is 0 Å². The van der Waals surface area contributed by atoms with Crippen molar-refractivity contribution in [3.63, 3.8) is 0 Å². The summed E-state index contributed by atoms with van der Waals surface area (Å²) in [5.41, 5.74) is 4.90. The van der Waals surface area contributed by atoms with E-state index < -0.39 is 11.4 Å². The van der Waals surface area contributed by atoms with Crippen LogP contribution in [0.15, 0.2) is 12.1 Å². The molecule has 1 N–H and O–H groups in total. The number of aryl methyl sites for hydroxylation is 2. The molecule has 1 aliphatic carbocycles. The molecule has 1 aliphatic rings. The average molecular weight is 403 g/mol. The van der Waals surface area contributed by atoms with Gasteiger partial charge in [0.1, 0.15) is 5.60 Å². The topological polar surface area (TPSA) is 63.6 Å². The molecule has 4 nitrogen and oxygen atoms in total. The van der Waals surface area contributed by atoms with Crippen LogP contribution in [0.4, 0.5) is 0 Å². The summed E-state index contributed by atoms with van der Waals surface area (Å²) in [4.78, 5) is 21.7. The highest BCUT2D eigenvalue weighted by Crippen LogP contribution is 2.43. The molecular formula is C25H38O4. The summed E-state index contributed by atoms with van der Waals surface area (Å²) in [6, 6.07) is 4.55. The molecule has 1 aromatic rings. The number of carbonyl (C=O) groups is 2. The number of benzene rings is 1. The summed E-state index contributed by atoms with van der Waals surface area (Å²) < 4.78 is 5.23. The zero-order valence-corrected chi connectivity index (χ0v) is 18.7. The van der Waals surface area contributed by atoms with E-state index >= 15 is 0 Å². The molecule has 0 saturated heterocycles. The third-order valence-electron chi connectivity index (χ3n) is 6.77. The highest BCUT2D eigenvalue weighted by atomic mass is 16.5. The Balaban J connectivity index is 1.74. The van der Waals surface area contributed by atoms with Crippen LogP contribution in [0.5, 0.6) is 0 Å². The summed E-state index contributed by atoms with van der Waals surface area (Å²) in [6.45, 7) is 8.66. The van der Waals surface area contributed by atoms with E-state index in [4.69, 9.17) is 4.74 Å². The van der Waals surface area contributed by atoms with E-state index in [-0.39, 0.29) is 5.60 Å². The molecule has 0 aliphatic heterocycles. The maximum Gasteiger partial charge on any atom is 0.309 e. The lowest BCUT2D eigenvalue weighted by atomic mass is 9.86. The first-order valence-corrected chi connectivity index (χ1v) is 11.1. The summed E-state index contributed by atoms with van der Waals surface area (Å²) in [5, 5.41) is 9.19. The molecule has 0 atom stereocenters. The molecule has 29 heavy (non-hydrogen) atoms. The van der Waals surface area contributed by atoms with Crippen molar-refractivity contribution in [2.24, 2.45) is 5.41 Å². The van der Waals surface area contributed by atoms with Crippen molar-refractivity contribution in [1.29, 1.82) is 0 Å². The summed E-state index contributed by atoms with van der Waals surface area (Å²) in [5.74, 6) is -0.705. The van der Waals surface area contributed by atoms with Crippen molar-refractivity contribution in [2.45, 2.75) is 104 Å². The van der Waals surface area contributed by atoms with Gasteiger partial charge in [0.25, 0.3) is 6.47 Å². The molecule has 2 rings (SSSR count). The first kappa shape index (κ1) is 23.4. The van der Waals surface area contributed by atoms with Gasteiger partial charge in [-0.3, -0.25) is 9.59 Å². The van der Waals surface area contributed by atoms with Crippen LogP contribution in [-0.4, -0.2) is 23.1 Å². The smallest absolute Gasteiger partial charge is 0.309 e. The zero-order valence-electron chi connectivity index (χ0n) is 18.7. The van der Waals surface area contributed by atoms with Crippen LogP contribution in [0, 0.1) is 19.3 Å². The third-order valence-corrected chi connectivity index (χ3v) is 6.77. The maximum absolute atomic E-state index is 11.2. The van der Waals surface area contributed by atoms with Crippen LogP contribution >= 0.6 is 0 Å². The Bertz CT molecular complexity index is 701. The first-order valence-electron chi connectivity index (χ1n) is 11.1. The number of ether oxygens (including phenoxy) is 1. The number of hydrogen-bond donors (Lipinski definition) is 1. The van der Waals surface area contributed by atoms with Crippen LogP contribution in [-0.2, 0) is 27.2 Å². The highest BCUT2D eigenvalue weighted by Gasteiger charge is 2.44. The van der Waals surface area contributed by atoms with Gasteiger partial charge in [0.15, 0.2) is 0 Å². The molecule has 1 aromatic carbocycles. The largest absolute Gasteiger partial charge is 0.481 e. The van der Waals surface area contributed by atoms with Gasteiger partial charge >= 0.3 is 5.97 Å². The van der Waals surface area contributed by atoms with Crippen molar-refractivity contribution < 1.29 is 19.4 Å². The second kappa shape index (κ2) is 10.3. The van der Waals surface area contributed by atoms with Gasteiger partial charge in [-0.2, -0.15) is 0 Å². The van der Waals surface area contributed by atoms with Crippen molar-refractivity contribution in [2.75, 3.05) is 0 Å². The van der Waals surface area contributed by atoms with Crippen molar-refractivity contribution in [3.05, 3.63) is 34.4 Å². The number of carboxylic acid groups (broad SMARTS) is 1. The third kappa shape index (κ3) is 6.87. The lowest BCUT2D eigenvalue weighted by Gasteiger charge is -2.18. The summed E-state index contributed by atoms with van der Waals surface area (Å²) >= 11 is 0. The van der Waals surface area contributed by atoms with E-state index in [0.29, 0.717) is 6.47 Å². The number of aliphatic carboxylic acids is 1. The fourth-order valence-corrected chi connectivity index (χ4v) is 4.07. The molecule has 0 aromatic heterocycles. The lowest BCUT2D eigenvalue weighted by Crippen LogP contribution is -2.23. The fraction of sp³-hybridized carbons (Fsp3) is 0.680. The Morgan fingerprint density at radius 1 is 1.03 bits per heavy atom. The van der Waals surface area contributed by atoms with E-state index in [0.717, 1.165) is 70.6 Å². The molecule has 162 valence electrons. The number of unbranched alkanes of at least 4 members (excludes halogenated alkanes) is 3. The molecule has 0 spiro atoms. The van der Waals surface area contributed by atoms with Gasteiger partial charge < -0.3 is 9.84 Å². The van der Waals surface area contributed by atoms with Crippen LogP contribution in [0.1, 0.15) is 93.9 Å². The monoisotopic (exact) mass is 402 g/mol. The van der Waals surface area contributed by atoms with Gasteiger partial charge in [-0.05, 0) is 108 Å². The summed E-state index contributed by atoms with van der Waals surface area (Å²) in [7, 11) is 0. The minimum Gasteiger partial charge on any atom is -0.481 e. The van der Waals surface area contributed by atoms with Gasteiger partial charge in [-0.1, -0.05) is 25.0 Å². The Morgan fingerprint density at radius 2 is 1.59 bits per heavy atom. The zero-order chi connectivity index (χ0) is 21.5. The second-order valence-electron chi connectivity index (χ2n) is 9.49. The molecule has 0 heterocycles. The van der Waals surface area contributed by atoms with Gasteiger partial charge in [-0.15, -0.1) is 0 Å². The SMILES string of the molecule is Cc1c(CCCCCC(C)(C)C(=O)O)ccc(CCCCC2(OC=O)CC2)c1C. The molecular weight excluding hydrogens is 364 g/mol. The molecule has 4 heteroatoms. The first-order chi connectivity index (χ1) is 13.7. The van der Waals surface area contributed by atoms with Crippen LogP contribution in [0.2, 0.25) is 0 Å². The fourth-order valence-electron chi connectivity index (χ4n) is 4.07. The predicted octanol–water partition coefficient (Wildman–Crippen LogP) is 5.94. The Hall–Kier alpha value is -1.84. The maximum atomic E-state index is 11.2. The van der Waals surface area contributed by atoms with E-state index in [9.17, 15) is 14.7 Å². The average Bonchev–Trinajstić information content (AvgIpc) is 3.43. The molecule has 0 unspecified atom stereocenters. The lowest BCUT2D eigenvalue weighted by molar-refractivity contribution is -0.147. The number of rotatable bonds is 14. The van der Waals surface area contributed by atoms with Gasteiger partial charge in [-0.25, -0.2) is 0 Å². The number of hydrogen-bond acceptors (Lipinski definition) is 3. The highest BCUT2D eigenvalue weighted by molar-refractivity contribution is 5.73. The summed E-state index contributed by atoms with van der Waals surface area (Å²) in [6.07, 6.45) is 11.3. The molecule has 0 bridgehead atoms. The quantitative estimate of drug-likeness (QED) is 0.309. The Labute approximate surface area is 176 Å². The van der Waals surface area contributed by atoms with Crippen molar-refractivity contribution >= 4 is 12.4 Å². The van der Waals surface area contributed by atoms with E-state index in [1.807, 2.05) is 0 Å². The van der Waals surface area contributed by atoms with Gasteiger partial charge in [0.2, 0.25) is 0 Å². The second-order valence-corrected chi connectivity index (χ2v) is 9.49. The Morgan fingerprint density at radius 3 is 2.07 bits per heavy atom. The standard InChI is InChI=1S/C25H38O4/c1-19-20(2)22(11-7-9-15-25(16-17-25)29-18-26)13-12-21(19)10-6-5-8-14-24(3,4)23(27)28/h12-13,18H,5-11,14-17H2,1-4H3,(H,27,28). The van der Waals surface area contributed by atoms with Crippen LogP contribution < -0.4 is 0 Å². The predicted molar refractivity (Wildman–Crippen MR) is 116 cm³/mol. The van der Waals surface area contributed by atoms with Gasteiger partial charge in [0, 0.05) is 0 Å². The van der Waals surface area contributed by atoms with Crippen LogP contribution in [0.25, 0.3) is 0 Å². The minimum absolute atomic E-state index is 0.129. The van der Waals surface area contributed by atoms with E-state index in [1.165, 1.54) is 22.3 Å². The van der Waals surface area contributed by atoms with E-state index in [2.05, 4.69) is 26.0 Å². The molecule has 1 fully saturated rings. The van der Waals surface area contributed by atoms with E-state index in [1.54, 1.807) is 13.8 Å². The minimum atomic E-state index is -0.705. The molecule has 0 amide bonds. The van der Waals surface area contributed by atoms with Crippen LogP contribution in [0.3, 0.4) is 0 Å². The number of carbonyl (C=O) groups excluding carboxylic acids is 1. The number of carboxylic acids is 1. The Kier molecular flexibility index (Phi) is 8.30. The normalized spacial score (nSPS) is 15.2. The van der Waals surface area contributed by atoms with Gasteiger partial charge in [0.05, 0.1) is 5.41 Å². The molecule has 0 radical (unpaired) electrons. The molecule has 1 saturated carbocycles. The van der Waals surface area contributed by atoms with Crippen molar-refractivity contribution in [1.82, 2.24) is 0 Å².